The third kappa shape index (κ3) is 2.69. The molecule has 1 saturated heterocycles. The van der Waals surface area contributed by atoms with Gasteiger partial charge in [-0.1, -0.05) is 11.6 Å². The molecule has 0 atom stereocenters. The zero-order chi connectivity index (χ0) is 15.0. The molecule has 0 aliphatic carbocycles. The lowest BCUT2D eigenvalue weighted by Crippen LogP contribution is -2.41. The van der Waals surface area contributed by atoms with Crippen molar-refractivity contribution >= 4 is 24.2 Å². The van der Waals surface area contributed by atoms with Gasteiger partial charge in [0.15, 0.2) is 0 Å². The number of aromatic nitrogens is 1. The predicted molar refractivity (Wildman–Crippen MR) is 78.9 cm³/mol. The Bertz CT molecular complexity index is 539. The third-order valence-electron chi connectivity index (χ3n) is 4.03. The third-order valence-corrected chi connectivity index (χ3v) is 4.36. The average molecular weight is 293 g/mol. The monoisotopic (exact) mass is 292 g/mol. The molecule has 6 heteroatoms. The second-order valence-corrected chi connectivity index (χ2v) is 6.27. The first-order chi connectivity index (χ1) is 9.28. The largest absolute Gasteiger partial charge is 0.495 e. The zero-order valence-electron chi connectivity index (χ0n) is 12.2. The molecule has 4 nitrogen and oxygen atoms in total. The van der Waals surface area contributed by atoms with Gasteiger partial charge in [-0.05, 0) is 51.2 Å². The van der Waals surface area contributed by atoms with Gasteiger partial charge in [0, 0.05) is 12.6 Å². The Morgan fingerprint density at radius 3 is 2.45 bits per heavy atom. The van der Waals surface area contributed by atoms with Crippen molar-refractivity contribution in [1.29, 1.82) is 5.26 Å². The molecule has 2 rings (SSSR count). The van der Waals surface area contributed by atoms with Crippen LogP contribution in [0.25, 0.3) is 0 Å². The molecule has 0 unspecified atom stereocenters. The first-order valence-electron chi connectivity index (χ1n) is 6.64. The maximum atomic E-state index is 8.76. The van der Waals surface area contributed by atoms with E-state index in [1.807, 2.05) is 33.8 Å². The van der Waals surface area contributed by atoms with E-state index in [1.165, 1.54) is 0 Å². The molecule has 0 amide bonds. The van der Waals surface area contributed by atoms with Gasteiger partial charge in [-0.3, -0.25) is 0 Å². The number of hydrogen-bond acceptors (Lipinski definition) is 4. The smallest absolute Gasteiger partial charge is 0.399 e. The summed E-state index contributed by atoms with van der Waals surface area (Å²) < 4.78 is 12.1. The van der Waals surface area contributed by atoms with Crippen LogP contribution in [-0.2, 0) is 15.7 Å². The quantitative estimate of drug-likeness (QED) is 0.634. The average Bonchev–Trinajstić information content (AvgIpc) is 2.56. The highest BCUT2D eigenvalue weighted by Gasteiger charge is 2.52. The van der Waals surface area contributed by atoms with Crippen LogP contribution in [0.2, 0.25) is 5.15 Å². The lowest BCUT2D eigenvalue weighted by atomic mass is 9.76. The minimum atomic E-state index is -0.478. The Labute approximate surface area is 125 Å². The molecular formula is C14H18BClN2O2. The Kier molecular flexibility index (Phi) is 4.10. The molecule has 0 radical (unpaired) electrons. The van der Waals surface area contributed by atoms with Crippen molar-refractivity contribution in [1.82, 2.24) is 4.98 Å². The first-order valence-corrected chi connectivity index (χ1v) is 7.02. The fourth-order valence-electron chi connectivity index (χ4n) is 2.10. The van der Waals surface area contributed by atoms with E-state index in [-0.39, 0.29) is 0 Å². The SMILES string of the molecule is CC1(C)OB(c2ccnc(Cl)c2CCC#N)OC1(C)C. The minimum Gasteiger partial charge on any atom is -0.399 e. The van der Waals surface area contributed by atoms with Gasteiger partial charge >= 0.3 is 7.12 Å². The maximum absolute atomic E-state index is 8.76. The van der Waals surface area contributed by atoms with E-state index in [0.717, 1.165) is 11.0 Å². The van der Waals surface area contributed by atoms with Crippen molar-refractivity contribution in [3.8, 4) is 6.07 Å². The van der Waals surface area contributed by atoms with Gasteiger partial charge < -0.3 is 9.31 Å². The second-order valence-electron chi connectivity index (χ2n) is 5.92. The summed E-state index contributed by atoms with van der Waals surface area (Å²) in [6, 6.07) is 3.97. The molecule has 1 aromatic rings. The number of nitriles is 1. The van der Waals surface area contributed by atoms with Crippen LogP contribution in [-0.4, -0.2) is 23.3 Å². The summed E-state index contributed by atoms with van der Waals surface area (Å²) in [6.45, 7) is 8.02. The van der Waals surface area contributed by atoms with Gasteiger partial charge in [0.25, 0.3) is 0 Å². The maximum Gasteiger partial charge on any atom is 0.495 e. The highest BCUT2D eigenvalue weighted by atomic mass is 35.5. The topological polar surface area (TPSA) is 55.1 Å². The van der Waals surface area contributed by atoms with Gasteiger partial charge in [0.05, 0.1) is 17.3 Å². The number of nitrogens with zero attached hydrogens (tertiary/aromatic N) is 2. The van der Waals surface area contributed by atoms with Crippen LogP contribution in [0.15, 0.2) is 12.3 Å². The van der Waals surface area contributed by atoms with Gasteiger partial charge in [0.2, 0.25) is 0 Å². The van der Waals surface area contributed by atoms with E-state index in [9.17, 15) is 0 Å². The van der Waals surface area contributed by atoms with Crippen molar-refractivity contribution in [2.45, 2.75) is 51.7 Å². The van der Waals surface area contributed by atoms with E-state index >= 15 is 0 Å². The van der Waals surface area contributed by atoms with Crippen molar-refractivity contribution < 1.29 is 9.31 Å². The fraction of sp³-hybridized carbons (Fsp3) is 0.571. The Balaban J connectivity index is 2.35. The number of hydrogen-bond donors (Lipinski definition) is 0. The lowest BCUT2D eigenvalue weighted by Gasteiger charge is -2.32. The van der Waals surface area contributed by atoms with Gasteiger partial charge in [-0.2, -0.15) is 5.26 Å². The molecule has 20 heavy (non-hydrogen) atoms. The summed E-state index contributed by atoms with van der Waals surface area (Å²) in [5.74, 6) is 0. The molecule has 0 bridgehead atoms. The summed E-state index contributed by atoms with van der Waals surface area (Å²) in [6.07, 6.45) is 2.57. The van der Waals surface area contributed by atoms with Crippen molar-refractivity contribution in [3.63, 3.8) is 0 Å². The Morgan fingerprint density at radius 2 is 1.90 bits per heavy atom. The van der Waals surface area contributed by atoms with Crippen molar-refractivity contribution in [3.05, 3.63) is 23.0 Å². The molecule has 1 aromatic heterocycles. The number of pyridine rings is 1. The first kappa shape index (κ1) is 15.3. The molecule has 0 N–H and O–H groups in total. The van der Waals surface area contributed by atoms with E-state index in [4.69, 9.17) is 26.2 Å². The van der Waals surface area contributed by atoms with Crippen LogP contribution in [0.3, 0.4) is 0 Å². The fourth-order valence-corrected chi connectivity index (χ4v) is 2.36. The van der Waals surface area contributed by atoms with Gasteiger partial charge in [-0.15, -0.1) is 0 Å². The molecule has 1 aliphatic rings. The molecule has 0 saturated carbocycles. The van der Waals surface area contributed by atoms with Crippen LogP contribution < -0.4 is 5.46 Å². The van der Waals surface area contributed by atoms with Crippen molar-refractivity contribution in [2.75, 3.05) is 0 Å². The second kappa shape index (κ2) is 5.36. The predicted octanol–water partition coefficient (Wildman–Crippen LogP) is 2.49. The molecule has 0 spiro atoms. The van der Waals surface area contributed by atoms with E-state index in [2.05, 4.69) is 11.1 Å². The molecule has 106 valence electrons. The van der Waals surface area contributed by atoms with Crippen LogP contribution >= 0.6 is 11.6 Å². The number of rotatable bonds is 3. The van der Waals surface area contributed by atoms with Crippen LogP contribution in [0.4, 0.5) is 0 Å². The van der Waals surface area contributed by atoms with Gasteiger partial charge in [-0.25, -0.2) is 4.98 Å². The standard InChI is InChI=1S/C14H18BClN2O2/c1-13(2)14(3,4)20-15(19-13)11-7-9-18-12(16)10(11)6-5-8-17/h7,9H,5-6H2,1-4H3. The summed E-state index contributed by atoms with van der Waals surface area (Å²) in [5.41, 5.74) is 0.882. The van der Waals surface area contributed by atoms with E-state index in [0.29, 0.717) is 18.0 Å². The van der Waals surface area contributed by atoms with Crippen LogP contribution in [0.5, 0.6) is 0 Å². The van der Waals surface area contributed by atoms with E-state index < -0.39 is 18.3 Å². The summed E-state index contributed by atoms with van der Waals surface area (Å²) in [4.78, 5) is 4.08. The van der Waals surface area contributed by atoms with Crippen molar-refractivity contribution in [2.24, 2.45) is 0 Å². The lowest BCUT2D eigenvalue weighted by molar-refractivity contribution is 0.00578. The molecular weight excluding hydrogens is 274 g/mol. The Hall–Kier alpha value is -1.09. The molecule has 0 aromatic carbocycles. The summed E-state index contributed by atoms with van der Waals surface area (Å²) >= 11 is 6.15. The molecule has 2 heterocycles. The minimum absolute atomic E-state index is 0.387. The summed E-state index contributed by atoms with van der Waals surface area (Å²) in [7, 11) is -0.478. The van der Waals surface area contributed by atoms with Gasteiger partial charge in [0.1, 0.15) is 5.15 Å². The van der Waals surface area contributed by atoms with Crippen LogP contribution in [0.1, 0.15) is 39.7 Å². The highest BCUT2D eigenvalue weighted by molar-refractivity contribution is 6.63. The zero-order valence-corrected chi connectivity index (χ0v) is 13.0. The molecule has 1 fully saturated rings. The summed E-state index contributed by atoms with van der Waals surface area (Å²) in [5, 5.41) is 9.17. The molecule has 1 aliphatic heterocycles. The van der Waals surface area contributed by atoms with Crippen LogP contribution in [0, 0.1) is 11.3 Å². The normalized spacial score (nSPS) is 19.9. The highest BCUT2D eigenvalue weighted by Crippen LogP contribution is 2.36. The number of halogens is 1. The van der Waals surface area contributed by atoms with E-state index in [1.54, 1.807) is 6.20 Å². The Morgan fingerprint density at radius 1 is 1.30 bits per heavy atom.